The predicted molar refractivity (Wildman–Crippen MR) is 250 cm³/mol. The van der Waals surface area contributed by atoms with E-state index in [1.165, 1.54) is 21.2 Å². The Morgan fingerprint density at radius 3 is 2.59 bits per heavy atom. The Morgan fingerprint density at radius 2 is 1.90 bits per heavy atom. The van der Waals surface area contributed by atoms with Crippen LogP contribution in [0.25, 0.3) is 33.4 Å². The molecule has 3 aromatic heterocycles. The zero-order valence-corrected chi connectivity index (χ0v) is 39.4. The second kappa shape index (κ2) is 22.0. The van der Waals surface area contributed by atoms with Gasteiger partial charge in [-0.2, -0.15) is 54.0 Å². The number of likely N-dealkylation sites (N-methyl/N-ethyl adjacent to an activating group) is 1. The number of carbonyl (C=O) groups excluding carboxylic acids is 3. The number of ether oxygens (including phenoxy) is 3. The Kier molecular flexibility index (Phi) is 19.4. The van der Waals surface area contributed by atoms with Crippen molar-refractivity contribution in [2.24, 2.45) is 5.41 Å². The van der Waals surface area contributed by atoms with Gasteiger partial charge in [0.1, 0.15) is 12.1 Å². The molecule has 2 aliphatic heterocycles. The maximum Gasteiger partial charge on any atom is 0.324 e. The lowest BCUT2D eigenvalue weighted by Crippen LogP contribution is -2.61. The number of rotatable bonds is 8. The molecule has 0 spiro atoms. The van der Waals surface area contributed by atoms with Crippen molar-refractivity contribution in [1.82, 2.24) is 35.2 Å². The number of carbonyl (C=O) groups is 3. The molecule has 13 nitrogen and oxygen atoms in total. The number of pyridine rings is 1. The van der Waals surface area contributed by atoms with Crippen LogP contribution in [0.2, 0.25) is 0 Å². The second-order valence-electron chi connectivity index (χ2n) is 15.1. The van der Waals surface area contributed by atoms with E-state index in [4.69, 9.17) is 24.2 Å². The van der Waals surface area contributed by atoms with E-state index in [9.17, 15) is 14.4 Å². The van der Waals surface area contributed by atoms with Crippen molar-refractivity contribution in [1.29, 1.82) is 0 Å². The summed E-state index contributed by atoms with van der Waals surface area (Å²) in [4.78, 5) is 52.6. The molecule has 0 unspecified atom stereocenters. The van der Waals surface area contributed by atoms with E-state index >= 15 is 0 Å². The largest absolute Gasteiger partial charge is 0.464 e. The van der Waals surface area contributed by atoms with Crippen molar-refractivity contribution < 1.29 is 28.6 Å². The maximum atomic E-state index is 14.2. The summed E-state index contributed by atoms with van der Waals surface area (Å²) in [6.45, 7) is 11.9. The fraction of sp³-hybridized carbons (Fsp3) is 0.525. The van der Waals surface area contributed by atoms with Crippen LogP contribution in [-0.4, -0.2) is 102 Å². The molecule has 1 fully saturated rings. The van der Waals surface area contributed by atoms with Gasteiger partial charge in [0, 0.05) is 79.8 Å². The molecule has 2 aliphatic rings. The van der Waals surface area contributed by atoms with Gasteiger partial charge >= 0.3 is 12.0 Å². The number of hydrogen-bond donors (Lipinski definition) is 2. The monoisotopic (exact) mass is 895 g/mol. The Balaban J connectivity index is 0.00000290. The standard InChI is InChI=1S/C40H53N7O6S.4H2S/c1-9-46-33-15-14-26-18-28(33)29(36(46)27-12-10-16-41-35(27)25(3)52-8)20-40(4,5)23-53-38(49)30-13-11-17-47(44-30)37(48)31(19-34-42-32(26)22-54-34)43-39(50)45(6)24(2)21-51-7;;;;/h10,12,14-16,18,22,24-25,30-31,44H,9,11,13,17,19-21,23H2,1-8H3,(H,43,50);4*1H2/t24-,25-,30-,31-;;;;/m0..../s1. The average molecular weight is 896 g/mol. The summed E-state index contributed by atoms with van der Waals surface area (Å²) in [6.07, 6.45) is 3.48. The van der Waals surface area contributed by atoms with Crippen LogP contribution in [0.1, 0.15) is 69.8 Å². The number of methoxy groups -OCH3 is 2. The quantitative estimate of drug-likeness (QED) is 0.198. The van der Waals surface area contributed by atoms with E-state index in [-0.39, 0.29) is 85.1 Å². The van der Waals surface area contributed by atoms with Crippen molar-refractivity contribution in [3.05, 3.63) is 58.2 Å². The summed E-state index contributed by atoms with van der Waals surface area (Å²) >= 11 is 1.45. The molecule has 6 rings (SSSR count). The van der Waals surface area contributed by atoms with Gasteiger partial charge in [-0.25, -0.2) is 15.2 Å². The molecular weight excluding hydrogens is 835 g/mol. The summed E-state index contributed by atoms with van der Waals surface area (Å²) < 4.78 is 19.4. The van der Waals surface area contributed by atoms with Gasteiger partial charge in [0.25, 0.3) is 5.91 Å². The number of aromatic nitrogens is 3. The number of hydrazine groups is 1. The van der Waals surface area contributed by atoms with Crippen LogP contribution in [0.15, 0.2) is 41.9 Å². The number of nitrogens with zero attached hydrogens (tertiary/aromatic N) is 5. The smallest absolute Gasteiger partial charge is 0.324 e. The fourth-order valence-corrected chi connectivity index (χ4v) is 8.22. The van der Waals surface area contributed by atoms with E-state index in [1.807, 2.05) is 25.3 Å². The molecule has 6 bridgehead atoms. The molecule has 58 heavy (non-hydrogen) atoms. The molecule has 322 valence electrons. The third kappa shape index (κ3) is 11.0. The molecule has 5 heterocycles. The highest BCUT2D eigenvalue weighted by atomic mass is 32.1. The topological polar surface area (TPSA) is 140 Å². The van der Waals surface area contributed by atoms with Gasteiger partial charge in [0.15, 0.2) is 0 Å². The summed E-state index contributed by atoms with van der Waals surface area (Å²) in [5.41, 5.74) is 9.52. The first kappa shape index (κ1) is 51.2. The van der Waals surface area contributed by atoms with E-state index in [1.54, 1.807) is 27.5 Å². The Hall–Kier alpha value is -2.97. The average Bonchev–Trinajstić information content (AvgIpc) is 3.77. The molecular formula is C40H61N7O6S5. The molecule has 0 radical (unpaired) electrons. The highest BCUT2D eigenvalue weighted by molar-refractivity contribution is 7.59. The SMILES string of the molecule is CCn1c(-c2cccnc2[C@H](C)OC)c2c3cc(ccc31)-c1csc(n1)C[C@H](NC(=O)N(C)[C@@H](C)COC)C(=O)N1CCC[C@H](N1)C(=O)OCC(C)(C)C2.S.S.S.S. The van der Waals surface area contributed by atoms with Crippen molar-refractivity contribution in [2.45, 2.75) is 91.1 Å². The Labute approximate surface area is 374 Å². The van der Waals surface area contributed by atoms with E-state index in [0.29, 0.717) is 37.4 Å². The zero-order valence-electron chi connectivity index (χ0n) is 34.6. The molecule has 3 amide bonds. The number of nitrogens with one attached hydrogen (secondary N) is 2. The van der Waals surface area contributed by atoms with Crippen molar-refractivity contribution >= 4 is 94.1 Å². The van der Waals surface area contributed by atoms with Crippen LogP contribution in [0.3, 0.4) is 0 Å². The molecule has 4 atom stereocenters. The maximum absolute atomic E-state index is 14.2. The van der Waals surface area contributed by atoms with Gasteiger partial charge in [0.2, 0.25) is 0 Å². The van der Waals surface area contributed by atoms with Crippen LogP contribution >= 0.6 is 65.3 Å². The van der Waals surface area contributed by atoms with Crippen LogP contribution < -0.4 is 10.7 Å². The van der Waals surface area contributed by atoms with Crippen molar-refractivity contribution in [3.63, 3.8) is 0 Å². The van der Waals surface area contributed by atoms with Crippen LogP contribution in [0.4, 0.5) is 4.79 Å². The molecule has 4 aromatic rings. The van der Waals surface area contributed by atoms with Crippen LogP contribution in [-0.2, 0) is 43.2 Å². The molecule has 0 saturated carbocycles. The minimum atomic E-state index is -0.938. The number of esters is 1. The normalized spacial score (nSPS) is 18.9. The number of aryl methyl sites for hydroxylation is 1. The van der Waals surface area contributed by atoms with E-state index < -0.39 is 29.5 Å². The second-order valence-corrected chi connectivity index (χ2v) is 16.1. The zero-order chi connectivity index (χ0) is 38.7. The summed E-state index contributed by atoms with van der Waals surface area (Å²) in [5.74, 6) is -0.758. The third-order valence-corrected chi connectivity index (χ3v) is 11.4. The van der Waals surface area contributed by atoms with Gasteiger partial charge < -0.3 is 29.0 Å². The number of thiazole rings is 1. The first-order valence-corrected chi connectivity index (χ1v) is 19.6. The molecule has 1 saturated heterocycles. The number of fused-ring (bicyclic) bond motifs is 6. The summed E-state index contributed by atoms with van der Waals surface area (Å²) in [5, 5.41) is 8.19. The Bertz CT molecular complexity index is 2010. The van der Waals surface area contributed by atoms with Crippen LogP contribution in [0, 0.1) is 5.41 Å². The minimum Gasteiger partial charge on any atom is -0.464 e. The summed E-state index contributed by atoms with van der Waals surface area (Å²) in [6, 6.07) is 8.21. The number of cyclic esters (lactones) is 1. The summed E-state index contributed by atoms with van der Waals surface area (Å²) in [7, 11) is 4.95. The molecule has 18 heteroatoms. The number of benzene rings is 1. The van der Waals surface area contributed by atoms with E-state index in [0.717, 1.165) is 51.2 Å². The molecule has 2 N–H and O–H groups in total. The lowest BCUT2D eigenvalue weighted by molar-refractivity contribution is -0.155. The Morgan fingerprint density at radius 1 is 1.16 bits per heavy atom. The van der Waals surface area contributed by atoms with E-state index in [2.05, 4.69) is 60.3 Å². The first-order valence-electron chi connectivity index (χ1n) is 18.7. The number of hydrogen-bond acceptors (Lipinski definition) is 10. The number of urea groups is 1. The number of amides is 3. The highest BCUT2D eigenvalue weighted by Crippen LogP contribution is 2.42. The predicted octanol–water partition coefficient (Wildman–Crippen LogP) is 6.21. The van der Waals surface area contributed by atoms with Crippen molar-refractivity contribution in [2.75, 3.05) is 41.0 Å². The van der Waals surface area contributed by atoms with Gasteiger partial charge in [-0.05, 0) is 69.9 Å². The van der Waals surface area contributed by atoms with Gasteiger partial charge in [-0.3, -0.25) is 19.6 Å². The van der Waals surface area contributed by atoms with Gasteiger partial charge in [-0.15, -0.1) is 11.3 Å². The van der Waals surface area contributed by atoms with Crippen molar-refractivity contribution in [3.8, 4) is 22.5 Å². The molecule has 1 aromatic carbocycles. The molecule has 0 aliphatic carbocycles. The van der Waals surface area contributed by atoms with Gasteiger partial charge in [0.05, 0.1) is 47.4 Å². The van der Waals surface area contributed by atoms with Gasteiger partial charge in [-0.1, -0.05) is 19.9 Å². The van der Waals surface area contributed by atoms with Crippen LogP contribution in [0.5, 0.6) is 0 Å². The fourth-order valence-electron chi connectivity index (χ4n) is 7.37. The lowest BCUT2D eigenvalue weighted by atomic mass is 9.84. The minimum absolute atomic E-state index is 0. The first-order chi connectivity index (χ1) is 25.8. The lowest BCUT2D eigenvalue weighted by Gasteiger charge is -2.36. The third-order valence-electron chi connectivity index (χ3n) is 10.5. The highest BCUT2D eigenvalue weighted by Gasteiger charge is 2.36.